The van der Waals surface area contributed by atoms with Gasteiger partial charge in [-0.3, -0.25) is 4.79 Å². The number of ketones is 1. The molecule has 0 radical (unpaired) electrons. The maximum atomic E-state index is 12.9. The normalized spacial score (nSPS) is 13.5. The van der Waals surface area contributed by atoms with Gasteiger partial charge < -0.3 is 18.9 Å². The maximum absolute atomic E-state index is 12.9. The van der Waals surface area contributed by atoms with Crippen molar-refractivity contribution in [3.8, 4) is 23.0 Å². The number of carbonyl (C=O) groups is 2. The van der Waals surface area contributed by atoms with Crippen LogP contribution in [0.15, 0.2) is 54.3 Å². The number of benzene rings is 3. The minimum Gasteiger partial charge on any atom is -0.493 e. The molecule has 0 unspecified atom stereocenters. The van der Waals surface area contributed by atoms with E-state index in [2.05, 4.69) is 0 Å². The highest BCUT2D eigenvalue weighted by Crippen LogP contribution is 2.38. The molecule has 0 aromatic heterocycles. The molecule has 0 N–H and O–H groups in total. The van der Waals surface area contributed by atoms with E-state index in [9.17, 15) is 9.59 Å². The SMILES string of the molecule is COc1ccc(C(=O)Oc2cc(C)c3c(c2)O/C(=C\c2ccc(Cl)c(Cl)c2)C3=O)cc1OC. The van der Waals surface area contributed by atoms with Gasteiger partial charge in [0.1, 0.15) is 11.5 Å². The number of hydrogen-bond acceptors (Lipinski definition) is 6. The third kappa shape index (κ3) is 4.53. The molecule has 0 saturated carbocycles. The Balaban J connectivity index is 1.59. The number of aryl methyl sites for hydroxylation is 1. The van der Waals surface area contributed by atoms with Gasteiger partial charge in [0.15, 0.2) is 17.3 Å². The summed E-state index contributed by atoms with van der Waals surface area (Å²) < 4.78 is 21.7. The van der Waals surface area contributed by atoms with E-state index in [0.717, 1.165) is 0 Å². The second kappa shape index (κ2) is 9.17. The average Bonchev–Trinajstić information content (AvgIpc) is 3.11. The van der Waals surface area contributed by atoms with Crippen molar-refractivity contribution in [1.82, 2.24) is 0 Å². The van der Waals surface area contributed by atoms with Gasteiger partial charge >= 0.3 is 5.97 Å². The van der Waals surface area contributed by atoms with E-state index in [-0.39, 0.29) is 22.9 Å². The van der Waals surface area contributed by atoms with Crippen LogP contribution in [-0.2, 0) is 0 Å². The molecule has 8 heteroatoms. The zero-order valence-corrected chi connectivity index (χ0v) is 19.4. The van der Waals surface area contributed by atoms with Crippen molar-refractivity contribution < 1.29 is 28.5 Å². The molecular formula is C25H18Cl2O6. The molecule has 33 heavy (non-hydrogen) atoms. The average molecular weight is 485 g/mol. The lowest BCUT2D eigenvalue weighted by Gasteiger charge is -2.10. The van der Waals surface area contributed by atoms with Gasteiger partial charge in [0.25, 0.3) is 0 Å². The van der Waals surface area contributed by atoms with E-state index in [1.54, 1.807) is 49.4 Å². The molecule has 0 aliphatic carbocycles. The Kier molecular flexibility index (Phi) is 6.31. The Hall–Kier alpha value is -3.48. The van der Waals surface area contributed by atoms with Gasteiger partial charge in [-0.05, 0) is 60.5 Å². The lowest BCUT2D eigenvalue weighted by Crippen LogP contribution is -2.09. The first-order valence-electron chi connectivity index (χ1n) is 9.79. The van der Waals surface area contributed by atoms with Gasteiger partial charge in [-0.2, -0.15) is 0 Å². The summed E-state index contributed by atoms with van der Waals surface area (Å²) in [6.45, 7) is 1.75. The lowest BCUT2D eigenvalue weighted by molar-refractivity contribution is 0.0734. The number of methoxy groups -OCH3 is 2. The number of Topliss-reactive ketones (excluding diaryl/α,β-unsaturated/α-hetero) is 1. The van der Waals surface area contributed by atoms with Crippen molar-refractivity contribution in [2.45, 2.75) is 6.92 Å². The predicted octanol–water partition coefficient (Wildman–Crippen LogP) is 6.15. The first-order valence-corrected chi connectivity index (χ1v) is 10.5. The van der Waals surface area contributed by atoms with Crippen molar-refractivity contribution in [1.29, 1.82) is 0 Å². The minimum atomic E-state index is -0.591. The van der Waals surface area contributed by atoms with Crippen LogP contribution in [-0.4, -0.2) is 26.0 Å². The number of ether oxygens (including phenoxy) is 4. The number of hydrogen-bond donors (Lipinski definition) is 0. The Labute approximate surface area is 200 Å². The Morgan fingerprint density at radius 2 is 1.70 bits per heavy atom. The van der Waals surface area contributed by atoms with Crippen molar-refractivity contribution in [2.24, 2.45) is 0 Å². The Morgan fingerprint density at radius 3 is 2.39 bits per heavy atom. The van der Waals surface area contributed by atoms with E-state index >= 15 is 0 Å². The smallest absolute Gasteiger partial charge is 0.343 e. The maximum Gasteiger partial charge on any atom is 0.343 e. The fraction of sp³-hybridized carbons (Fsp3) is 0.120. The van der Waals surface area contributed by atoms with Crippen LogP contribution >= 0.6 is 23.2 Å². The molecule has 1 aliphatic rings. The van der Waals surface area contributed by atoms with Crippen LogP contribution in [0.4, 0.5) is 0 Å². The number of halogens is 2. The van der Waals surface area contributed by atoms with E-state index in [0.29, 0.717) is 44.0 Å². The molecule has 4 rings (SSSR count). The number of allylic oxidation sites excluding steroid dienone is 1. The number of rotatable bonds is 5. The zero-order valence-electron chi connectivity index (χ0n) is 17.9. The van der Waals surface area contributed by atoms with Crippen molar-refractivity contribution in [3.05, 3.63) is 86.6 Å². The molecule has 3 aromatic carbocycles. The van der Waals surface area contributed by atoms with E-state index < -0.39 is 5.97 Å². The van der Waals surface area contributed by atoms with Gasteiger partial charge in [-0.1, -0.05) is 29.3 Å². The fourth-order valence-electron chi connectivity index (χ4n) is 3.42. The largest absolute Gasteiger partial charge is 0.493 e. The molecule has 0 atom stereocenters. The van der Waals surface area contributed by atoms with Crippen LogP contribution in [0.3, 0.4) is 0 Å². The molecule has 0 amide bonds. The first-order chi connectivity index (χ1) is 15.8. The third-order valence-corrected chi connectivity index (χ3v) is 5.75. The summed E-state index contributed by atoms with van der Waals surface area (Å²) in [4.78, 5) is 25.5. The second-order valence-electron chi connectivity index (χ2n) is 7.19. The van der Waals surface area contributed by atoms with E-state index in [1.807, 2.05) is 0 Å². The first kappa shape index (κ1) is 22.7. The topological polar surface area (TPSA) is 71.1 Å². The minimum absolute atomic E-state index is 0.134. The van der Waals surface area contributed by atoms with Gasteiger partial charge in [-0.25, -0.2) is 4.79 Å². The number of esters is 1. The van der Waals surface area contributed by atoms with Crippen molar-refractivity contribution in [3.63, 3.8) is 0 Å². The quantitative estimate of drug-likeness (QED) is 0.245. The molecule has 6 nitrogen and oxygen atoms in total. The van der Waals surface area contributed by atoms with Crippen LogP contribution in [0.2, 0.25) is 10.0 Å². The molecule has 3 aromatic rings. The molecule has 0 saturated heterocycles. The molecule has 0 spiro atoms. The van der Waals surface area contributed by atoms with E-state index in [1.165, 1.54) is 26.4 Å². The highest BCUT2D eigenvalue weighted by Gasteiger charge is 2.30. The Bertz CT molecular complexity index is 1310. The van der Waals surface area contributed by atoms with Gasteiger partial charge in [0.05, 0.1) is 35.4 Å². The van der Waals surface area contributed by atoms with Gasteiger partial charge in [-0.15, -0.1) is 0 Å². The van der Waals surface area contributed by atoms with Crippen LogP contribution in [0, 0.1) is 6.92 Å². The van der Waals surface area contributed by atoms with Crippen LogP contribution in [0.5, 0.6) is 23.0 Å². The monoisotopic (exact) mass is 484 g/mol. The molecule has 1 aliphatic heterocycles. The standard InChI is InChI=1S/C25H18Cl2O6/c1-13-8-16(32-25(29)15-5-7-19(30-2)20(11-15)31-3)12-21-23(13)24(28)22(33-21)10-14-4-6-17(26)18(27)9-14/h4-12H,1-3H3/b22-10-. The summed E-state index contributed by atoms with van der Waals surface area (Å²) in [6.07, 6.45) is 1.58. The molecule has 168 valence electrons. The predicted molar refractivity (Wildman–Crippen MR) is 125 cm³/mol. The van der Waals surface area contributed by atoms with Gasteiger partial charge in [0, 0.05) is 6.07 Å². The summed E-state index contributed by atoms with van der Waals surface area (Å²) in [5.74, 6) is 0.724. The highest BCUT2D eigenvalue weighted by atomic mass is 35.5. The zero-order chi connectivity index (χ0) is 23.7. The lowest BCUT2D eigenvalue weighted by atomic mass is 10.0. The Morgan fingerprint density at radius 1 is 0.939 bits per heavy atom. The second-order valence-corrected chi connectivity index (χ2v) is 8.00. The highest BCUT2D eigenvalue weighted by molar-refractivity contribution is 6.42. The van der Waals surface area contributed by atoms with Crippen LogP contribution in [0.1, 0.15) is 31.8 Å². The molecule has 1 heterocycles. The summed E-state index contributed by atoms with van der Waals surface area (Å²) in [5.41, 5.74) is 1.97. The summed E-state index contributed by atoms with van der Waals surface area (Å²) in [5, 5.41) is 0.784. The van der Waals surface area contributed by atoms with Crippen LogP contribution in [0.25, 0.3) is 6.08 Å². The fourth-order valence-corrected chi connectivity index (χ4v) is 3.73. The van der Waals surface area contributed by atoms with Crippen LogP contribution < -0.4 is 18.9 Å². The third-order valence-electron chi connectivity index (χ3n) is 5.01. The van der Waals surface area contributed by atoms with Gasteiger partial charge in [0.2, 0.25) is 5.78 Å². The summed E-state index contributed by atoms with van der Waals surface area (Å²) >= 11 is 12.0. The molecular weight excluding hydrogens is 467 g/mol. The van der Waals surface area contributed by atoms with Crippen molar-refractivity contribution >= 4 is 41.0 Å². The van der Waals surface area contributed by atoms with Crippen molar-refractivity contribution in [2.75, 3.05) is 14.2 Å². The summed E-state index contributed by atoms with van der Waals surface area (Å²) in [7, 11) is 2.99. The number of fused-ring (bicyclic) bond motifs is 1. The summed E-state index contributed by atoms with van der Waals surface area (Å²) in [6, 6.07) is 12.8. The molecule has 0 fully saturated rings. The number of carbonyl (C=O) groups excluding carboxylic acids is 2. The molecule has 0 bridgehead atoms. The van der Waals surface area contributed by atoms with E-state index in [4.69, 9.17) is 42.1 Å².